The number of aliphatic hydroxyl groups excluding tert-OH is 1. The molecule has 0 saturated carbocycles. The van der Waals surface area contributed by atoms with Crippen molar-refractivity contribution in [3.8, 4) is 0 Å². The summed E-state index contributed by atoms with van der Waals surface area (Å²) in [5.41, 5.74) is 0. The van der Waals surface area contributed by atoms with Crippen LogP contribution in [0.2, 0.25) is 0 Å². The van der Waals surface area contributed by atoms with E-state index in [2.05, 4.69) is 41.5 Å². The van der Waals surface area contributed by atoms with Crippen LogP contribution in [0.3, 0.4) is 0 Å². The van der Waals surface area contributed by atoms with Gasteiger partial charge in [-0.15, -0.1) is 0 Å². The van der Waals surface area contributed by atoms with Crippen molar-refractivity contribution in [1.82, 2.24) is 0 Å². The lowest BCUT2D eigenvalue weighted by molar-refractivity contribution is -0.161. The van der Waals surface area contributed by atoms with Crippen LogP contribution < -0.4 is 0 Å². The average molecular weight is 1140 g/mol. The third-order valence-corrected chi connectivity index (χ3v) is 15.1. The molecule has 77 heavy (non-hydrogen) atoms. The zero-order chi connectivity index (χ0) is 57.3. The zero-order valence-corrected chi connectivity index (χ0v) is 51.0. The van der Waals surface area contributed by atoms with Crippen LogP contribution in [-0.2, 0) is 65.4 Å². The largest absolute Gasteiger partial charge is 0.472 e. The van der Waals surface area contributed by atoms with Crippen molar-refractivity contribution in [3.63, 3.8) is 0 Å². The maximum absolute atomic E-state index is 12.9. The van der Waals surface area contributed by atoms with Crippen LogP contribution in [0.1, 0.15) is 279 Å². The number of carbonyl (C=O) groups is 4. The molecule has 0 bridgehead atoms. The highest BCUT2D eigenvalue weighted by atomic mass is 31.2. The number of ether oxygens (including phenoxy) is 4. The van der Waals surface area contributed by atoms with Gasteiger partial charge in [-0.2, -0.15) is 0 Å². The first-order valence-corrected chi connectivity index (χ1v) is 33.5. The molecule has 0 aliphatic carbocycles. The summed E-state index contributed by atoms with van der Waals surface area (Å²) in [6, 6.07) is 0. The minimum absolute atomic E-state index is 0.102. The van der Waals surface area contributed by atoms with Crippen molar-refractivity contribution >= 4 is 39.5 Å². The molecule has 0 fully saturated rings. The van der Waals surface area contributed by atoms with Gasteiger partial charge in [0.1, 0.15) is 19.3 Å². The molecule has 0 radical (unpaired) electrons. The molecule has 0 heterocycles. The lowest BCUT2D eigenvalue weighted by Crippen LogP contribution is -2.30. The average Bonchev–Trinajstić information content (AvgIpc) is 3.38. The Labute approximate surface area is 467 Å². The summed E-state index contributed by atoms with van der Waals surface area (Å²) in [6.07, 6.45) is 31.0. The fraction of sp³-hybridized carbons (Fsp3) is 0.931. The van der Waals surface area contributed by atoms with Crippen LogP contribution >= 0.6 is 15.6 Å². The highest BCUT2D eigenvalue weighted by molar-refractivity contribution is 7.47. The van der Waals surface area contributed by atoms with E-state index in [-0.39, 0.29) is 25.7 Å². The van der Waals surface area contributed by atoms with Gasteiger partial charge in [-0.1, -0.05) is 228 Å². The first kappa shape index (κ1) is 75.1. The van der Waals surface area contributed by atoms with Crippen LogP contribution in [0.25, 0.3) is 0 Å². The Bertz CT molecular complexity index is 1530. The van der Waals surface area contributed by atoms with Gasteiger partial charge in [-0.25, -0.2) is 9.13 Å². The van der Waals surface area contributed by atoms with Gasteiger partial charge < -0.3 is 33.8 Å². The van der Waals surface area contributed by atoms with E-state index in [1.807, 2.05) is 0 Å². The Hall–Kier alpha value is -1.94. The molecule has 2 unspecified atom stereocenters. The maximum atomic E-state index is 12.9. The van der Waals surface area contributed by atoms with Crippen LogP contribution in [0.15, 0.2) is 0 Å². The van der Waals surface area contributed by atoms with Gasteiger partial charge in [0.25, 0.3) is 0 Å². The second-order valence-electron chi connectivity index (χ2n) is 22.0. The molecular formula is C58H112O17P2. The molecule has 0 aromatic rings. The second kappa shape index (κ2) is 51.0. The van der Waals surface area contributed by atoms with E-state index in [9.17, 15) is 43.2 Å². The predicted molar refractivity (Wildman–Crippen MR) is 303 cm³/mol. The number of hydrogen-bond acceptors (Lipinski definition) is 15. The smallest absolute Gasteiger partial charge is 0.462 e. The van der Waals surface area contributed by atoms with Gasteiger partial charge >= 0.3 is 39.5 Å². The second-order valence-corrected chi connectivity index (χ2v) is 24.9. The van der Waals surface area contributed by atoms with Crippen molar-refractivity contribution < 1.29 is 80.2 Å². The minimum Gasteiger partial charge on any atom is -0.462 e. The van der Waals surface area contributed by atoms with E-state index in [1.165, 1.54) is 89.9 Å². The molecule has 0 amide bonds. The molecule has 5 atom stereocenters. The molecule has 17 nitrogen and oxygen atoms in total. The quantitative estimate of drug-likeness (QED) is 0.0222. The van der Waals surface area contributed by atoms with E-state index in [0.29, 0.717) is 37.5 Å². The summed E-state index contributed by atoms with van der Waals surface area (Å²) in [6.45, 7) is 9.24. The van der Waals surface area contributed by atoms with Crippen LogP contribution in [0.5, 0.6) is 0 Å². The summed E-state index contributed by atoms with van der Waals surface area (Å²) in [5.74, 6) is -0.800. The van der Waals surface area contributed by atoms with E-state index in [0.717, 1.165) is 96.3 Å². The fourth-order valence-electron chi connectivity index (χ4n) is 8.47. The van der Waals surface area contributed by atoms with Gasteiger partial charge in [0.05, 0.1) is 26.4 Å². The molecule has 0 aromatic heterocycles. The molecule has 0 spiro atoms. The van der Waals surface area contributed by atoms with Crippen molar-refractivity contribution in [2.75, 3.05) is 39.6 Å². The Morgan fingerprint density at radius 2 is 0.597 bits per heavy atom. The number of hydrogen-bond donors (Lipinski definition) is 3. The van der Waals surface area contributed by atoms with E-state index < -0.39 is 97.5 Å². The third-order valence-electron chi connectivity index (χ3n) is 13.2. The topological polar surface area (TPSA) is 237 Å². The van der Waals surface area contributed by atoms with E-state index in [4.69, 9.17) is 37.0 Å². The number of phosphoric acid groups is 2. The minimum atomic E-state index is -4.94. The predicted octanol–water partition coefficient (Wildman–Crippen LogP) is 15.3. The molecular weight excluding hydrogens is 1030 g/mol. The maximum Gasteiger partial charge on any atom is 0.472 e. The molecule has 0 rings (SSSR count). The Balaban J connectivity index is 5.23. The molecule has 456 valence electrons. The standard InChI is InChI=1S/C58H112O17P2/c1-7-9-11-13-15-17-19-21-30-36-42-57(62)74-53(47-69-56(61)41-35-29-24-22-26-32-38-50(3)4)48-72-76(64,65)70-44-52(59)45-71-77(66,67)73-49-54(75-58(63)43-37-31-25-23-27-33-39-51(5)6)46-68-55(60)40-34-28-20-18-16-14-12-10-8-2/h50-54,59H,7-49H2,1-6H3,(H,64,65)(H,66,67)/t52-,53-,54-/m1/s1. The number of unbranched alkanes of at least 4 members (excludes halogenated alkanes) is 27. The molecule has 19 heteroatoms. The van der Waals surface area contributed by atoms with Crippen molar-refractivity contribution in [2.45, 2.75) is 297 Å². The molecule has 3 N–H and O–H groups in total. The van der Waals surface area contributed by atoms with Crippen molar-refractivity contribution in [3.05, 3.63) is 0 Å². The third kappa shape index (κ3) is 53.2. The van der Waals surface area contributed by atoms with Crippen molar-refractivity contribution in [1.29, 1.82) is 0 Å². The fourth-order valence-corrected chi connectivity index (χ4v) is 10.0. The monoisotopic (exact) mass is 1140 g/mol. The Kier molecular flexibility index (Phi) is 49.7. The van der Waals surface area contributed by atoms with E-state index >= 15 is 0 Å². The highest BCUT2D eigenvalue weighted by Gasteiger charge is 2.30. The summed E-state index contributed by atoms with van der Waals surface area (Å²) >= 11 is 0. The first-order valence-electron chi connectivity index (χ1n) is 30.5. The number of carbonyl (C=O) groups excluding carboxylic acids is 4. The van der Waals surface area contributed by atoms with Gasteiger partial charge in [0.15, 0.2) is 12.2 Å². The van der Waals surface area contributed by atoms with Crippen LogP contribution in [0, 0.1) is 11.8 Å². The number of aliphatic hydroxyl groups is 1. The van der Waals surface area contributed by atoms with Crippen LogP contribution in [0.4, 0.5) is 0 Å². The SMILES string of the molecule is CCCCCCCCCCCCC(=O)O[C@H](COC(=O)CCCCCCCCC(C)C)COP(=O)(O)OC[C@@H](O)COP(=O)(O)OC[C@@H](COC(=O)CCCCCCCCCCC)OC(=O)CCCCCCCCC(C)C. The molecule has 0 aliphatic heterocycles. The lowest BCUT2D eigenvalue weighted by atomic mass is 10.0. The van der Waals surface area contributed by atoms with Gasteiger partial charge in [-0.05, 0) is 37.5 Å². The summed E-state index contributed by atoms with van der Waals surface area (Å²) in [7, 11) is -9.87. The van der Waals surface area contributed by atoms with Gasteiger partial charge in [0.2, 0.25) is 0 Å². The summed E-state index contributed by atoms with van der Waals surface area (Å²) in [5, 5.41) is 10.5. The van der Waals surface area contributed by atoms with Crippen LogP contribution in [-0.4, -0.2) is 96.7 Å². The number of esters is 4. The Morgan fingerprint density at radius 1 is 0.351 bits per heavy atom. The zero-order valence-electron chi connectivity index (χ0n) is 49.2. The number of rotatable bonds is 57. The number of phosphoric ester groups is 2. The summed E-state index contributed by atoms with van der Waals surface area (Å²) in [4.78, 5) is 71.8. The molecule has 0 aliphatic rings. The molecule has 0 saturated heterocycles. The summed E-state index contributed by atoms with van der Waals surface area (Å²) < 4.78 is 67.6. The highest BCUT2D eigenvalue weighted by Crippen LogP contribution is 2.45. The normalized spacial score (nSPS) is 14.5. The molecule has 0 aromatic carbocycles. The van der Waals surface area contributed by atoms with Crippen molar-refractivity contribution in [2.24, 2.45) is 11.8 Å². The van der Waals surface area contributed by atoms with Gasteiger partial charge in [-0.3, -0.25) is 37.3 Å². The first-order chi connectivity index (χ1) is 36.9. The van der Waals surface area contributed by atoms with Gasteiger partial charge in [0, 0.05) is 25.7 Å². The Morgan fingerprint density at radius 3 is 0.883 bits per heavy atom. The lowest BCUT2D eigenvalue weighted by Gasteiger charge is -2.21. The van der Waals surface area contributed by atoms with E-state index in [1.54, 1.807) is 0 Å².